The summed E-state index contributed by atoms with van der Waals surface area (Å²) in [5.74, 6) is 1.70. The molecule has 0 fully saturated rings. The molecule has 0 spiro atoms. The zero-order valence-electron chi connectivity index (χ0n) is 12.0. The predicted molar refractivity (Wildman–Crippen MR) is 76.4 cm³/mol. The van der Waals surface area contributed by atoms with Gasteiger partial charge in [0, 0.05) is 12.0 Å². The summed E-state index contributed by atoms with van der Waals surface area (Å²) < 4.78 is 5.78. The molecule has 2 nitrogen and oxygen atoms in total. The summed E-state index contributed by atoms with van der Waals surface area (Å²) in [5.41, 5.74) is 2.96. The summed E-state index contributed by atoms with van der Waals surface area (Å²) in [6, 6.07) is 6.56. The van der Waals surface area contributed by atoms with Crippen LogP contribution in [0.1, 0.15) is 51.2 Å². The SMILES string of the molecule is CC(CCNC(C)(C)C)c1cccc2c1OCC2. The van der Waals surface area contributed by atoms with Crippen LogP contribution in [0.5, 0.6) is 5.75 Å². The van der Waals surface area contributed by atoms with Crippen LogP contribution >= 0.6 is 0 Å². The molecule has 0 radical (unpaired) electrons. The van der Waals surface area contributed by atoms with Gasteiger partial charge in [0.15, 0.2) is 0 Å². The molecule has 1 unspecified atom stereocenters. The third-order valence-electron chi connectivity index (χ3n) is 3.51. The summed E-state index contributed by atoms with van der Waals surface area (Å²) in [7, 11) is 0. The summed E-state index contributed by atoms with van der Waals surface area (Å²) in [6.45, 7) is 10.8. The van der Waals surface area contributed by atoms with E-state index in [2.05, 4.69) is 51.2 Å². The molecule has 0 saturated heterocycles. The average Bonchev–Trinajstić information content (AvgIpc) is 2.74. The van der Waals surface area contributed by atoms with E-state index in [1.165, 1.54) is 11.1 Å². The summed E-state index contributed by atoms with van der Waals surface area (Å²) in [5, 5.41) is 3.55. The van der Waals surface area contributed by atoms with E-state index in [0.717, 1.165) is 31.7 Å². The quantitative estimate of drug-likeness (QED) is 0.879. The molecule has 0 amide bonds. The van der Waals surface area contributed by atoms with Gasteiger partial charge < -0.3 is 10.1 Å². The molecule has 0 aromatic heterocycles. The molecular formula is C16H25NO. The van der Waals surface area contributed by atoms with E-state index in [9.17, 15) is 0 Å². The first-order valence-corrected chi connectivity index (χ1v) is 6.97. The number of para-hydroxylation sites is 1. The number of fused-ring (bicyclic) bond motifs is 1. The number of ether oxygens (including phenoxy) is 1. The van der Waals surface area contributed by atoms with Gasteiger partial charge in [0.2, 0.25) is 0 Å². The smallest absolute Gasteiger partial charge is 0.126 e. The molecule has 1 aliphatic heterocycles. The maximum Gasteiger partial charge on any atom is 0.126 e. The van der Waals surface area contributed by atoms with Gasteiger partial charge in [-0.1, -0.05) is 25.1 Å². The standard InChI is InChI=1S/C16H25NO/c1-12(8-10-17-16(2,3)4)14-7-5-6-13-9-11-18-15(13)14/h5-7,12,17H,8-11H2,1-4H3. The van der Waals surface area contributed by atoms with E-state index in [1.54, 1.807) is 0 Å². The van der Waals surface area contributed by atoms with Gasteiger partial charge in [0.05, 0.1) is 6.61 Å². The van der Waals surface area contributed by atoms with Crippen molar-refractivity contribution >= 4 is 0 Å². The maximum absolute atomic E-state index is 5.78. The molecule has 1 N–H and O–H groups in total. The highest BCUT2D eigenvalue weighted by Gasteiger charge is 2.19. The fourth-order valence-electron chi connectivity index (χ4n) is 2.45. The molecule has 1 aromatic rings. The molecule has 0 aliphatic carbocycles. The Hall–Kier alpha value is -1.02. The van der Waals surface area contributed by atoms with Crippen molar-refractivity contribution in [1.82, 2.24) is 5.32 Å². The molecule has 0 saturated carbocycles. The van der Waals surface area contributed by atoms with Crippen molar-refractivity contribution < 1.29 is 4.74 Å². The van der Waals surface area contributed by atoms with Gasteiger partial charge in [-0.3, -0.25) is 0 Å². The van der Waals surface area contributed by atoms with E-state index >= 15 is 0 Å². The topological polar surface area (TPSA) is 21.3 Å². The van der Waals surface area contributed by atoms with Crippen molar-refractivity contribution in [1.29, 1.82) is 0 Å². The molecular weight excluding hydrogens is 222 g/mol. The van der Waals surface area contributed by atoms with Crippen LogP contribution in [0.3, 0.4) is 0 Å². The Morgan fingerprint density at radius 2 is 2.11 bits per heavy atom. The monoisotopic (exact) mass is 247 g/mol. The second kappa shape index (κ2) is 5.31. The molecule has 1 aliphatic rings. The van der Waals surface area contributed by atoms with Crippen LogP contribution < -0.4 is 10.1 Å². The van der Waals surface area contributed by atoms with E-state index in [1.807, 2.05) is 0 Å². The Bertz CT molecular complexity index is 406. The lowest BCUT2D eigenvalue weighted by Gasteiger charge is -2.22. The van der Waals surface area contributed by atoms with E-state index in [4.69, 9.17) is 4.74 Å². The first-order valence-electron chi connectivity index (χ1n) is 6.97. The van der Waals surface area contributed by atoms with Gasteiger partial charge in [0.25, 0.3) is 0 Å². The lowest BCUT2D eigenvalue weighted by Crippen LogP contribution is -2.36. The minimum atomic E-state index is 0.203. The van der Waals surface area contributed by atoms with Gasteiger partial charge in [-0.15, -0.1) is 0 Å². The minimum absolute atomic E-state index is 0.203. The fourth-order valence-corrected chi connectivity index (χ4v) is 2.45. The molecule has 1 heterocycles. The zero-order valence-corrected chi connectivity index (χ0v) is 12.0. The highest BCUT2D eigenvalue weighted by Crippen LogP contribution is 2.35. The Balaban J connectivity index is 1.97. The molecule has 100 valence electrons. The number of nitrogens with one attached hydrogen (secondary N) is 1. The molecule has 1 atom stereocenters. The average molecular weight is 247 g/mol. The number of hydrogen-bond acceptors (Lipinski definition) is 2. The van der Waals surface area contributed by atoms with Crippen LogP contribution in [-0.2, 0) is 6.42 Å². The molecule has 2 heteroatoms. The number of benzene rings is 1. The first-order chi connectivity index (χ1) is 8.47. The third-order valence-corrected chi connectivity index (χ3v) is 3.51. The molecule has 18 heavy (non-hydrogen) atoms. The minimum Gasteiger partial charge on any atom is -0.493 e. The number of rotatable bonds is 4. The van der Waals surface area contributed by atoms with Crippen molar-refractivity contribution in [3.05, 3.63) is 29.3 Å². The fraction of sp³-hybridized carbons (Fsp3) is 0.625. The van der Waals surface area contributed by atoms with E-state index in [-0.39, 0.29) is 5.54 Å². The highest BCUT2D eigenvalue weighted by atomic mass is 16.5. The summed E-state index contributed by atoms with van der Waals surface area (Å²) >= 11 is 0. The van der Waals surface area contributed by atoms with Crippen LogP contribution in [0.4, 0.5) is 0 Å². The van der Waals surface area contributed by atoms with Crippen molar-refractivity contribution in [2.45, 2.75) is 52.0 Å². The first kappa shape index (κ1) is 13.4. The van der Waals surface area contributed by atoms with Crippen molar-refractivity contribution in [2.24, 2.45) is 0 Å². The normalized spacial score (nSPS) is 16.2. The summed E-state index contributed by atoms with van der Waals surface area (Å²) in [6.07, 6.45) is 2.22. The van der Waals surface area contributed by atoms with Crippen LogP contribution in [-0.4, -0.2) is 18.7 Å². The second-order valence-electron chi connectivity index (χ2n) is 6.30. The Kier molecular flexibility index (Phi) is 3.96. The third kappa shape index (κ3) is 3.26. The Labute approximate surface area is 111 Å². The van der Waals surface area contributed by atoms with Gasteiger partial charge >= 0.3 is 0 Å². The van der Waals surface area contributed by atoms with Crippen LogP contribution in [0.15, 0.2) is 18.2 Å². The largest absolute Gasteiger partial charge is 0.493 e. The lowest BCUT2D eigenvalue weighted by atomic mass is 9.94. The maximum atomic E-state index is 5.78. The Morgan fingerprint density at radius 3 is 2.83 bits per heavy atom. The van der Waals surface area contributed by atoms with E-state index in [0.29, 0.717) is 5.92 Å². The van der Waals surface area contributed by atoms with Crippen LogP contribution in [0.2, 0.25) is 0 Å². The predicted octanol–water partition coefficient (Wildman–Crippen LogP) is 3.50. The van der Waals surface area contributed by atoms with Gasteiger partial charge in [-0.05, 0) is 50.8 Å². The zero-order chi connectivity index (χ0) is 13.2. The van der Waals surface area contributed by atoms with Gasteiger partial charge in [-0.25, -0.2) is 0 Å². The van der Waals surface area contributed by atoms with Crippen molar-refractivity contribution in [3.63, 3.8) is 0 Å². The van der Waals surface area contributed by atoms with Gasteiger partial charge in [0.1, 0.15) is 5.75 Å². The summed E-state index contributed by atoms with van der Waals surface area (Å²) in [4.78, 5) is 0. The Morgan fingerprint density at radius 1 is 1.33 bits per heavy atom. The second-order valence-corrected chi connectivity index (χ2v) is 6.30. The molecule has 2 rings (SSSR count). The van der Waals surface area contributed by atoms with Crippen LogP contribution in [0.25, 0.3) is 0 Å². The highest BCUT2D eigenvalue weighted by molar-refractivity contribution is 5.45. The van der Waals surface area contributed by atoms with Gasteiger partial charge in [-0.2, -0.15) is 0 Å². The molecule has 0 bridgehead atoms. The van der Waals surface area contributed by atoms with Crippen molar-refractivity contribution in [3.8, 4) is 5.75 Å². The van der Waals surface area contributed by atoms with Crippen LogP contribution in [0, 0.1) is 0 Å². The van der Waals surface area contributed by atoms with Crippen molar-refractivity contribution in [2.75, 3.05) is 13.2 Å². The van der Waals surface area contributed by atoms with E-state index < -0.39 is 0 Å². The molecule has 1 aromatic carbocycles. The lowest BCUT2D eigenvalue weighted by molar-refractivity contribution is 0.349. The number of hydrogen-bond donors (Lipinski definition) is 1.